The Morgan fingerprint density at radius 2 is 1.04 bits per heavy atom. The summed E-state index contributed by atoms with van der Waals surface area (Å²) in [6, 6.07) is 0. The van der Waals surface area contributed by atoms with Gasteiger partial charge in [-0.1, -0.05) is 0 Å². The van der Waals surface area contributed by atoms with E-state index < -0.39 is 29.9 Å². The van der Waals surface area contributed by atoms with Crippen LogP contribution < -0.4 is 0 Å². The van der Waals surface area contributed by atoms with Crippen molar-refractivity contribution in [3.05, 3.63) is 11.9 Å². The number of unbranched alkanes of at least 4 members (excludes halogenated alkanes) is 3. The molecule has 5 heteroatoms. The molecule has 2 aliphatic rings. The molecule has 2 heterocycles. The minimum atomic E-state index is -3.92. The molecule has 0 N–H and O–H groups in total. The van der Waals surface area contributed by atoms with Crippen molar-refractivity contribution in [3.8, 4) is 0 Å². The van der Waals surface area contributed by atoms with Crippen LogP contribution in [-0.4, -0.2) is 22.4 Å². The van der Waals surface area contributed by atoms with Crippen molar-refractivity contribution < 1.29 is 18.1 Å². The minimum absolute atomic E-state index is 0.534. The summed E-state index contributed by atoms with van der Waals surface area (Å²) in [5.74, 6) is 0. The molecule has 148 valence electrons. The van der Waals surface area contributed by atoms with Crippen molar-refractivity contribution in [3.63, 3.8) is 0 Å². The van der Waals surface area contributed by atoms with Crippen molar-refractivity contribution >= 4 is 7.51 Å². The zero-order chi connectivity index (χ0) is 19.4. The molecule has 2 saturated heterocycles. The maximum atomic E-state index is 6.65. The molecule has 0 saturated carbocycles. The van der Waals surface area contributed by atoms with E-state index in [1.165, 1.54) is 19.3 Å². The van der Waals surface area contributed by atoms with Crippen molar-refractivity contribution in [1.29, 1.82) is 0 Å². The van der Waals surface area contributed by atoms with E-state index in [-0.39, 0.29) is 0 Å². The van der Waals surface area contributed by atoms with Crippen molar-refractivity contribution in [2.75, 3.05) is 0 Å². The van der Waals surface area contributed by atoms with Gasteiger partial charge in [0.1, 0.15) is 0 Å². The first-order valence-electron chi connectivity index (χ1n) is 9.68. The molecular weight excluding hydrogens is 335 g/mol. The van der Waals surface area contributed by atoms with Crippen LogP contribution in [0.2, 0.25) is 0 Å². The molecule has 0 aromatic heterocycles. The van der Waals surface area contributed by atoms with Crippen molar-refractivity contribution in [2.45, 2.75) is 117 Å². The second-order valence-corrected chi connectivity index (χ2v) is 12.6. The fraction of sp³-hybridized carbons (Fsp3) is 0.900. The van der Waals surface area contributed by atoms with Crippen LogP contribution in [0.15, 0.2) is 11.9 Å². The second-order valence-electron chi connectivity index (χ2n) is 9.60. The van der Waals surface area contributed by atoms with E-state index in [4.69, 9.17) is 18.1 Å². The molecule has 2 fully saturated rings. The van der Waals surface area contributed by atoms with Crippen LogP contribution in [0.1, 0.15) is 94.4 Å². The molecular formula is C20H39O4P. The van der Waals surface area contributed by atoms with E-state index in [0.29, 0.717) is 0 Å². The first-order valence-corrected chi connectivity index (χ1v) is 11.6. The monoisotopic (exact) mass is 374 g/mol. The van der Waals surface area contributed by atoms with E-state index in [1.54, 1.807) is 0 Å². The average molecular weight is 375 g/mol. The predicted molar refractivity (Wildman–Crippen MR) is 105 cm³/mol. The molecule has 0 unspecified atom stereocenters. The molecule has 0 bridgehead atoms. The number of rotatable bonds is 6. The van der Waals surface area contributed by atoms with Gasteiger partial charge in [0.15, 0.2) is 0 Å². The molecule has 1 spiro atoms. The number of allylic oxidation sites excluding steroid dienone is 1. The van der Waals surface area contributed by atoms with Gasteiger partial charge < -0.3 is 0 Å². The van der Waals surface area contributed by atoms with E-state index in [2.05, 4.69) is 13.5 Å². The standard InChI is InChI=1S/C20H39O4P/c1-11-12-13-14-15-16(2)25(21-17(3,4)18(5,6)22-25)23-19(7,8)20(9,10)24-25/h2,11-15H2,1,3-10H3. The number of hydrogen-bond donors (Lipinski definition) is 0. The van der Waals surface area contributed by atoms with Gasteiger partial charge in [-0.2, -0.15) is 0 Å². The Kier molecular flexibility index (Phi) is 5.12. The summed E-state index contributed by atoms with van der Waals surface area (Å²) in [6.07, 6.45) is 5.44. The molecule has 0 aromatic carbocycles. The summed E-state index contributed by atoms with van der Waals surface area (Å²) >= 11 is 0. The normalized spacial score (nSPS) is 31.5. The molecule has 4 nitrogen and oxygen atoms in total. The third-order valence-electron chi connectivity index (χ3n) is 6.28. The fourth-order valence-electron chi connectivity index (χ4n) is 3.32. The summed E-state index contributed by atoms with van der Waals surface area (Å²) in [4.78, 5) is 0. The van der Waals surface area contributed by atoms with Gasteiger partial charge in [-0.25, -0.2) is 0 Å². The molecule has 0 atom stereocenters. The van der Waals surface area contributed by atoms with Crippen LogP contribution in [-0.2, 0) is 18.1 Å². The molecule has 0 aliphatic carbocycles. The van der Waals surface area contributed by atoms with Gasteiger partial charge >= 0.3 is 154 Å². The number of hydrogen-bond acceptors (Lipinski definition) is 4. The topological polar surface area (TPSA) is 36.9 Å². The molecule has 2 rings (SSSR count). The van der Waals surface area contributed by atoms with Gasteiger partial charge in [0.05, 0.1) is 0 Å². The Balaban J connectivity index is 2.44. The summed E-state index contributed by atoms with van der Waals surface area (Å²) in [6.45, 7) is 23.0. The zero-order valence-electron chi connectivity index (χ0n) is 17.8. The molecule has 0 radical (unpaired) electrons. The van der Waals surface area contributed by atoms with Crippen LogP contribution in [0, 0.1) is 0 Å². The zero-order valence-corrected chi connectivity index (χ0v) is 18.7. The molecule has 0 aromatic rings. The first kappa shape index (κ1) is 21.3. The predicted octanol–water partition coefficient (Wildman–Crippen LogP) is 6.89. The van der Waals surface area contributed by atoms with Crippen molar-refractivity contribution in [1.82, 2.24) is 0 Å². The van der Waals surface area contributed by atoms with E-state index in [1.807, 2.05) is 55.4 Å². The van der Waals surface area contributed by atoms with E-state index in [9.17, 15) is 0 Å². The van der Waals surface area contributed by atoms with Crippen molar-refractivity contribution in [2.24, 2.45) is 0 Å². The van der Waals surface area contributed by atoms with Crippen LogP contribution in [0.5, 0.6) is 0 Å². The quantitative estimate of drug-likeness (QED) is 0.374. The Bertz CT molecular complexity index is 472. The van der Waals surface area contributed by atoms with Gasteiger partial charge in [-0.3, -0.25) is 0 Å². The van der Waals surface area contributed by atoms with Gasteiger partial charge in [0.2, 0.25) is 0 Å². The molecule has 2 aliphatic heterocycles. The molecule has 0 amide bonds. The fourth-order valence-corrected chi connectivity index (χ4v) is 8.61. The van der Waals surface area contributed by atoms with Crippen LogP contribution in [0.25, 0.3) is 0 Å². The van der Waals surface area contributed by atoms with E-state index >= 15 is 0 Å². The van der Waals surface area contributed by atoms with Gasteiger partial charge in [-0.05, 0) is 0 Å². The average Bonchev–Trinajstić information content (AvgIpc) is 2.66. The third-order valence-corrected chi connectivity index (χ3v) is 10.6. The van der Waals surface area contributed by atoms with Gasteiger partial charge in [-0.15, -0.1) is 0 Å². The second kappa shape index (κ2) is 6.01. The van der Waals surface area contributed by atoms with Crippen LogP contribution in [0.3, 0.4) is 0 Å². The summed E-state index contributed by atoms with van der Waals surface area (Å²) in [7, 11) is -3.92. The van der Waals surface area contributed by atoms with Crippen LogP contribution >= 0.6 is 7.51 Å². The Labute approximate surface area is 154 Å². The van der Waals surface area contributed by atoms with Gasteiger partial charge in [0, 0.05) is 0 Å². The van der Waals surface area contributed by atoms with Gasteiger partial charge in [0.25, 0.3) is 0 Å². The third kappa shape index (κ3) is 3.23. The Hall–Kier alpha value is 0.01000. The molecule has 25 heavy (non-hydrogen) atoms. The summed E-state index contributed by atoms with van der Waals surface area (Å²) in [5.41, 5.74) is -2.14. The Morgan fingerprint density at radius 1 is 0.680 bits per heavy atom. The maximum absolute atomic E-state index is 6.65. The van der Waals surface area contributed by atoms with Crippen LogP contribution in [0.4, 0.5) is 0 Å². The van der Waals surface area contributed by atoms with E-state index in [0.717, 1.165) is 18.2 Å². The SMILES string of the molecule is C=C(CCCCCC)P12(OC(C)(C)C(C)(C)O1)OC(C)(C)C(C)(C)O2. The first-order chi connectivity index (χ1) is 11.1. The Morgan fingerprint density at radius 3 is 1.36 bits per heavy atom. The summed E-state index contributed by atoms with van der Waals surface area (Å²) < 4.78 is 26.6. The summed E-state index contributed by atoms with van der Waals surface area (Å²) in [5, 5.41) is 0.847.